The van der Waals surface area contributed by atoms with E-state index in [1.165, 1.54) is 14.2 Å². The fourth-order valence-electron chi connectivity index (χ4n) is 0.910. The second kappa shape index (κ2) is 5.64. The van der Waals surface area contributed by atoms with Gasteiger partial charge in [0.2, 0.25) is 0 Å². The van der Waals surface area contributed by atoms with Gasteiger partial charge in [0.25, 0.3) is 0 Å². The monoisotopic (exact) mass is 222 g/mol. The van der Waals surface area contributed by atoms with Crippen LogP contribution >= 0.6 is 7.60 Å². The average Bonchev–Trinajstić information content (AvgIpc) is 2.16. The van der Waals surface area contributed by atoms with Gasteiger partial charge in [-0.3, -0.25) is 9.36 Å². The van der Waals surface area contributed by atoms with E-state index in [1.807, 2.05) is 20.8 Å². The lowest BCUT2D eigenvalue weighted by molar-refractivity contribution is -0.121. The molecule has 5 heteroatoms. The molecule has 0 heterocycles. The molecule has 0 saturated carbocycles. The van der Waals surface area contributed by atoms with Gasteiger partial charge in [0, 0.05) is 20.1 Å². The molecule has 1 unspecified atom stereocenters. The van der Waals surface area contributed by atoms with Crippen molar-refractivity contribution in [2.24, 2.45) is 11.8 Å². The van der Waals surface area contributed by atoms with Gasteiger partial charge in [-0.25, -0.2) is 0 Å². The van der Waals surface area contributed by atoms with Crippen LogP contribution in [0.15, 0.2) is 0 Å². The maximum absolute atomic E-state index is 11.6. The van der Waals surface area contributed by atoms with Crippen LogP contribution in [0.3, 0.4) is 0 Å². The van der Waals surface area contributed by atoms with Crippen LogP contribution in [0, 0.1) is 11.8 Å². The molecular formula is C9H19O4P. The van der Waals surface area contributed by atoms with Gasteiger partial charge in [0.15, 0.2) is 0 Å². The number of hydrogen-bond acceptors (Lipinski definition) is 4. The Hall–Kier alpha value is -0.180. The van der Waals surface area contributed by atoms with Crippen LogP contribution in [0.4, 0.5) is 0 Å². The SMILES string of the molecule is COP(=O)(CC(=O)C(C)C(C)C)OC. The summed E-state index contributed by atoms with van der Waals surface area (Å²) in [5.74, 6) is 0.0466. The largest absolute Gasteiger partial charge is 0.337 e. The zero-order valence-electron chi connectivity index (χ0n) is 9.44. The summed E-state index contributed by atoms with van der Waals surface area (Å²) in [6, 6.07) is 0. The third-order valence-corrected chi connectivity index (χ3v) is 4.23. The molecule has 0 rings (SSSR count). The number of carbonyl (C=O) groups is 1. The maximum Gasteiger partial charge on any atom is 0.337 e. The molecule has 0 aliphatic carbocycles. The van der Waals surface area contributed by atoms with E-state index in [-0.39, 0.29) is 23.8 Å². The van der Waals surface area contributed by atoms with Crippen molar-refractivity contribution in [1.82, 2.24) is 0 Å². The van der Waals surface area contributed by atoms with E-state index >= 15 is 0 Å². The van der Waals surface area contributed by atoms with E-state index in [0.717, 1.165) is 0 Å². The fraction of sp³-hybridized carbons (Fsp3) is 0.889. The molecule has 0 aromatic heterocycles. The van der Waals surface area contributed by atoms with Gasteiger partial charge in [0.1, 0.15) is 11.9 Å². The molecule has 84 valence electrons. The summed E-state index contributed by atoms with van der Waals surface area (Å²) in [6.45, 7) is 5.73. The molecule has 0 aliphatic heterocycles. The smallest absolute Gasteiger partial charge is 0.312 e. The van der Waals surface area contributed by atoms with E-state index in [4.69, 9.17) is 9.05 Å². The highest BCUT2D eigenvalue weighted by Gasteiger charge is 2.29. The van der Waals surface area contributed by atoms with Gasteiger partial charge in [0.05, 0.1) is 0 Å². The first-order chi connectivity index (χ1) is 6.36. The van der Waals surface area contributed by atoms with Gasteiger partial charge in [-0.1, -0.05) is 20.8 Å². The number of hydrogen-bond donors (Lipinski definition) is 0. The van der Waals surface area contributed by atoms with E-state index < -0.39 is 7.60 Å². The lowest BCUT2D eigenvalue weighted by Gasteiger charge is -2.17. The second-order valence-electron chi connectivity index (χ2n) is 3.63. The normalized spacial score (nSPS) is 14.4. The highest BCUT2D eigenvalue weighted by Crippen LogP contribution is 2.46. The summed E-state index contributed by atoms with van der Waals surface area (Å²) in [6.07, 6.45) is -0.140. The first kappa shape index (κ1) is 13.8. The van der Waals surface area contributed by atoms with E-state index in [1.54, 1.807) is 0 Å². The van der Waals surface area contributed by atoms with Crippen molar-refractivity contribution < 1.29 is 18.4 Å². The van der Waals surface area contributed by atoms with Gasteiger partial charge < -0.3 is 9.05 Å². The van der Waals surface area contributed by atoms with Crippen LogP contribution in [0.25, 0.3) is 0 Å². The summed E-state index contributed by atoms with van der Waals surface area (Å²) >= 11 is 0. The Balaban J connectivity index is 4.38. The lowest BCUT2D eigenvalue weighted by atomic mass is 9.95. The third kappa shape index (κ3) is 3.91. The minimum Gasteiger partial charge on any atom is -0.312 e. The molecule has 0 aromatic carbocycles. The summed E-state index contributed by atoms with van der Waals surface area (Å²) in [4.78, 5) is 11.6. The molecule has 0 bridgehead atoms. The number of ketones is 1. The van der Waals surface area contributed by atoms with Gasteiger partial charge in [-0.05, 0) is 5.92 Å². The van der Waals surface area contributed by atoms with Crippen LogP contribution in [-0.2, 0) is 18.4 Å². The molecular weight excluding hydrogens is 203 g/mol. The molecule has 1 atom stereocenters. The molecule has 0 N–H and O–H groups in total. The Morgan fingerprint density at radius 2 is 1.64 bits per heavy atom. The Kier molecular flexibility index (Phi) is 5.57. The fourth-order valence-corrected chi connectivity index (χ4v) is 1.99. The molecule has 4 nitrogen and oxygen atoms in total. The summed E-state index contributed by atoms with van der Waals surface area (Å²) in [5.41, 5.74) is 0. The van der Waals surface area contributed by atoms with Crippen molar-refractivity contribution in [2.45, 2.75) is 20.8 Å². The number of carbonyl (C=O) groups excluding carboxylic acids is 1. The van der Waals surface area contributed by atoms with E-state index in [2.05, 4.69) is 0 Å². The van der Waals surface area contributed by atoms with Crippen molar-refractivity contribution in [3.8, 4) is 0 Å². The molecule has 0 spiro atoms. The topological polar surface area (TPSA) is 52.6 Å². The van der Waals surface area contributed by atoms with E-state index in [0.29, 0.717) is 0 Å². The van der Waals surface area contributed by atoms with Crippen LogP contribution in [-0.4, -0.2) is 26.2 Å². The first-order valence-electron chi connectivity index (χ1n) is 4.59. The predicted molar refractivity (Wildman–Crippen MR) is 55.5 cm³/mol. The summed E-state index contributed by atoms with van der Waals surface area (Å²) < 4.78 is 21.0. The highest BCUT2D eigenvalue weighted by molar-refractivity contribution is 7.54. The van der Waals surface area contributed by atoms with Crippen molar-refractivity contribution in [1.29, 1.82) is 0 Å². The Morgan fingerprint density at radius 1 is 1.21 bits per heavy atom. The van der Waals surface area contributed by atoms with Gasteiger partial charge in [-0.2, -0.15) is 0 Å². The standard InChI is InChI=1S/C9H19O4P/c1-7(2)8(3)9(10)6-14(11,12-4)13-5/h7-8H,6H2,1-5H3. The Bertz CT molecular complexity index is 229. The molecule has 0 radical (unpaired) electrons. The molecule has 0 aliphatic rings. The van der Waals surface area contributed by atoms with Crippen LogP contribution < -0.4 is 0 Å². The van der Waals surface area contributed by atoms with Crippen LogP contribution in [0.5, 0.6) is 0 Å². The van der Waals surface area contributed by atoms with Crippen molar-refractivity contribution in [2.75, 3.05) is 20.4 Å². The number of Topliss-reactive ketones (excluding diaryl/α,β-unsaturated/α-hetero) is 1. The Labute approximate surface area is 85.5 Å². The summed E-state index contributed by atoms with van der Waals surface area (Å²) in [5, 5.41) is 0. The van der Waals surface area contributed by atoms with Crippen molar-refractivity contribution in [3.63, 3.8) is 0 Å². The third-order valence-electron chi connectivity index (χ3n) is 2.41. The minimum absolute atomic E-state index is 0.0768. The summed E-state index contributed by atoms with van der Waals surface area (Å²) in [7, 11) is -0.602. The predicted octanol–water partition coefficient (Wildman–Crippen LogP) is 2.33. The van der Waals surface area contributed by atoms with Gasteiger partial charge in [-0.15, -0.1) is 0 Å². The molecule has 0 amide bonds. The van der Waals surface area contributed by atoms with Crippen LogP contribution in [0.1, 0.15) is 20.8 Å². The quantitative estimate of drug-likeness (QED) is 0.647. The lowest BCUT2D eigenvalue weighted by Crippen LogP contribution is -2.20. The Morgan fingerprint density at radius 3 is 1.93 bits per heavy atom. The molecule has 0 saturated heterocycles. The second-order valence-corrected chi connectivity index (χ2v) is 5.90. The molecule has 0 aromatic rings. The van der Waals surface area contributed by atoms with Crippen molar-refractivity contribution >= 4 is 13.4 Å². The van der Waals surface area contributed by atoms with Crippen molar-refractivity contribution in [3.05, 3.63) is 0 Å². The number of rotatable bonds is 6. The maximum atomic E-state index is 11.6. The van der Waals surface area contributed by atoms with E-state index in [9.17, 15) is 9.36 Å². The van der Waals surface area contributed by atoms with Crippen LogP contribution in [0.2, 0.25) is 0 Å². The zero-order valence-corrected chi connectivity index (χ0v) is 10.3. The average molecular weight is 222 g/mol. The highest BCUT2D eigenvalue weighted by atomic mass is 31.2. The molecule has 0 fully saturated rings. The van der Waals surface area contributed by atoms with Gasteiger partial charge >= 0.3 is 7.60 Å². The molecule has 14 heavy (non-hydrogen) atoms. The first-order valence-corrected chi connectivity index (χ1v) is 6.32. The minimum atomic E-state index is -3.18. The zero-order chi connectivity index (χ0) is 11.4.